The molecule has 1 amide bonds. The Kier molecular flexibility index (Phi) is 4.22. The Hall–Kier alpha value is -0.870. The third kappa shape index (κ3) is 2.64. The normalized spacial score (nSPS) is 37.3. The number of nitrogens with one attached hydrogen (secondary N) is 1. The van der Waals surface area contributed by atoms with Gasteiger partial charge in [0.1, 0.15) is 0 Å². The van der Waals surface area contributed by atoms with Gasteiger partial charge in [0.25, 0.3) is 0 Å². The molecule has 3 aliphatic rings. The van der Waals surface area contributed by atoms with Gasteiger partial charge in [0, 0.05) is 36.0 Å². The van der Waals surface area contributed by atoms with Crippen molar-refractivity contribution in [3.05, 3.63) is 22.4 Å². The van der Waals surface area contributed by atoms with Gasteiger partial charge >= 0.3 is 0 Å². The lowest BCUT2D eigenvalue weighted by atomic mass is 9.63. The summed E-state index contributed by atoms with van der Waals surface area (Å²) in [7, 11) is 0. The lowest BCUT2D eigenvalue weighted by molar-refractivity contribution is -0.138. The fraction of sp³-hybridized carbons (Fsp3) is 0.737. The Morgan fingerprint density at radius 1 is 1.35 bits per heavy atom. The van der Waals surface area contributed by atoms with Crippen LogP contribution in [-0.4, -0.2) is 28.9 Å². The molecule has 1 saturated carbocycles. The molecule has 2 aliphatic heterocycles. The summed E-state index contributed by atoms with van der Waals surface area (Å²) in [5, 5.41) is 5.98. The van der Waals surface area contributed by atoms with Gasteiger partial charge in [0.15, 0.2) is 0 Å². The Labute approximate surface area is 143 Å². The van der Waals surface area contributed by atoms with Crippen molar-refractivity contribution in [2.75, 3.05) is 6.54 Å². The van der Waals surface area contributed by atoms with Crippen molar-refractivity contribution < 1.29 is 4.79 Å². The monoisotopic (exact) mass is 332 g/mol. The van der Waals surface area contributed by atoms with Crippen molar-refractivity contribution in [3.63, 3.8) is 0 Å². The van der Waals surface area contributed by atoms with E-state index in [0.29, 0.717) is 23.8 Å². The Balaban J connectivity index is 1.51. The molecule has 0 bridgehead atoms. The zero-order valence-electron chi connectivity index (χ0n) is 14.1. The summed E-state index contributed by atoms with van der Waals surface area (Å²) < 4.78 is 0. The van der Waals surface area contributed by atoms with E-state index in [1.807, 2.05) is 11.3 Å². The second-order valence-corrected chi connectivity index (χ2v) is 8.75. The molecule has 1 aromatic heterocycles. The molecule has 1 spiro atoms. The first-order chi connectivity index (χ1) is 11.2. The molecule has 4 atom stereocenters. The third-order valence-electron chi connectivity index (χ3n) is 6.70. The van der Waals surface area contributed by atoms with Crippen molar-refractivity contribution in [2.24, 2.45) is 11.8 Å². The van der Waals surface area contributed by atoms with Gasteiger partial charge in [0.2, 0.25) is 5.91 Å². The maximum Gasteiger partial charge on any atom is 0.223 e. The fourth-order valence-corrected chi connectivity index (χ4v) is 6.27. The first-order valence-corrected chi connectivity index (χ1v) is 10.1. The third-order valence-corrected chi connectivity index (χ3v) is 7.58. The van der Waals surface area contributed by atoms with E-state index in [-0.39, 0.29) is 5.54 Å². The van der Waals surface area contributed by atoms with E-state index >= 15 is 0 Å². The van der Waals surface area contributed by atoms with Crippen molar-refractivity contribution in [1.82, 2.24) is 10.2 Å². The Bertz CT molecular complexity index is 558. The predicted molar refractivity (Wildman–Crippen MR) is 94.4 cm³/mol. The zero-order valence-corrected chi connectivity index (χ0v) is 14.9. The highest BCUT2D eigenvalue weighted by Gasteiger charge is 2.54. The van der Waals surface area contributed by atoms with Crippen molar-refractivity contribution in [2.45, 2.75) is 70.0 Å². The second kappa shape index (κ2) is 6.21. The highest BCUT2D eigenvalue weighted by Crippen LogP contribution is 2.51. The van der Waals surface area contributed by atoms with E-state index in [9.17, 15) is 4.79 Å². The smallest absolute Gasteiger partial charge is 0.223 e. The molecule has 0 radical (unpaired) electrons. The van der Waals surface area contributed by atoms with E-state index in [0.717, 1.165) is 25.9 Å². The summed E-state index contributed by atoms with van der Waals surface area (Å²) in [4.78, 5) is 16.3. The number of hydrogen-bond acceptors (Lipinski definition) is 3. The number of carbonyl (C=O) groups excluding carboxylic acids is 1. The van der Waals surface area contributed by atoms with Crippen LogP contribution in [0.25, 0.3) is 0 Å². The Morgan fingerprint density at radius 3 is 3.09 bits per heavy atom. The molecule has 4 heteroatoms. The summed E-state index contributed by atoms with van der Waals surface area (Å²) in [6.07, 6.45) is 7.97. The molecular weight excluding hydrogens is 304 g/mol. The largest absolute Gasteiger partial charge is 0.337 e. The van der Waals surface area contributed by atoms with Crippen molar-refractivity contribution >= 4 is 17.2 Å². The van der Waals surface area contributed by atoms with Crippen LogP contribution in [0.3, 0.4) is 0 Å². The number of hydrogen-bond donors (Lipinski definition) is 1. The molecule has 2 saturated heterocycles. The summed E-state index contributed by atoms with van der Waals surface area (Å²) in [5.74, 6) is 1.78. The van der Waals surface area contributed by atoms with Crippen LogP contribution in [0, 0.1) is 11.8 Å². The van der Waals surface area contributed by atoms with E-state index in [2.05, 4.69) is 34.7 Å². The molecule has 4 rings (SSSR count). The molecule has 126 valence electrons. The summed E-state index contributed by atoms with van der Waals surface area (Å²) in [6, 6.07) is 4.95. The van der Waals surface area contributed by atoms with E-state index in [1.54, 1.807) is 0 Å². The van der Waals surface area contributed by atoms with Crippen LogP contribution >= 0.6 is 11.3 Å². The highest BCUT2D eigenvalue weighted by molar-refractivity contribution is 7.09. The van der Waals surface area contributed by atoms with Crippen LogP contribution in [0.2, 0.25) is 0 Å². The number of thiophene rings is 1. The topological polar surface area (TPSA) is 32.3 Å². The summed E-state index contributed by atoms with van der Waals surface area (Å²) >= 11 is 1.84. The average Bonchev–Trinajstić information content (AvgIpc) is 3.18. The number of amides is 1. The van der Waals surface area contributed by atoms with Crippen LogP contribution in [-0.2, 0) is 11.3 Å². The van der Waals surface area contributed by atoms with E-state index in [4.69, 9.17) is 0 Å². The van der Waals surface area contributed by atoms with Gasteiger partial charge in [-0.15, -0.1) is 11.3 Å². The minimum Gasteiger partial charge on any atom is -0.337 e. The van der Waals surface area contributed by atoms with Gasteiger partial charge in [-0.25, -0.2) is 0 Å². The predicted octanol–water partition coefficient (Wildman–Crippen LogP) is 3.80. The molecular formula is C19H28N2OS. The van der Waals surface area contributed by atoms with Gasteiger partial charge in [0.05, 0.1) is 0 Å². The van der Waals surface area contributed by atoms with Gasteiger partial charge in [-0.2, -0.15) is 0 Å². The van der Waals surface area contributed by atoms with Gasteiger partial charge in [-0.05, 0) is 61.8 Å². The standard InChI is InChI=1S/C19H28N2OS/c1-14-16-6-2-7-18(22)21-11-4-9-19(16,21)10-8-17(14)20-13-15-5-3-12-23-15/h3,5,12,14,16-17,20H,2,4,6-11,13H2,1H3/t14-,16+,17+,19-/m1/s1. The maximum absolute atomic E-state index is 12.5. The summed E-state index contributed by atoms with van der Waals surface area (Å²) in [5.41, 5.74) is 0.202. The molecule has 1 aromatic rings. The van der Waals surface area contributed by atoms with Gasteiger partial charge in [-0.1, -0.05) is 13.0 Å². The number of carbonyl (C=O) groups is 1. The van der Waals surface area contributed by atoms with Crippen molar-refractivity contribution in [3.8, 4) is 0 Å². The molecule has 0 unspecified atom stereocenters. The first kappa shape index (κ1) is 15.6. The second-order valence-electron chi connectivity index (χ2n) is 7.72. The fourth-order valence-electron chi connectivity index (χ4n) is 5.62. The van der Waals surface area contributed by atoms with Crippen LogP contribution < -0.4 is 5.32 Å². The quantitative estimate of drug-likeness (QED) is 0.913. The lowest BCUT2D eigenvalue weighted by Crippen LogP contribution is -2.59. The summed E-state index contributed by atoms with van der Waals surface area (Å²) in [6.45, 7) is 4.44. The molecule has 0 aromatic carbocycles. The SMILES string of the molecule is C[C@H]1[C@@H](NCc2cccs2)CC[C@@]23CCCN2C(=O)CCC[C@@H]13. The van der Waals surface area contributed by atoms with Crippen LogP contribution in [0.4, 0.5) is 0 Å². The molecule has 3 nitrogen and oxygen atoms in total. The minimum absolute atomic E-state index is 0.202. The van der Waals surface area contributed by atoms with Crippen LogP contribution in [0.15, 0.2) is 17.5 Å². The molecule has 23 heavy (non-hydrogen) atoms. The number of nitrogens with zero attached hydrogens (tertiary/aromatic N) is 1. The van der Waals surface area contributed by atoms with Gasteiger partial charge < -0.3 is 10.2 Å². The maximum atomic E-state index is 12.5. The molecule has 1 aliphatic carbocycles. The molecule has 3 heterocycles. The van der Waals surface area contributed by atoms with Crippen LogP contribution in [0.1, 0.15) is 56.7 Å². The highest BCUT2D eigenvalue weighted by atomic mass is 32.1. The minimum atomic E-state index is 0.202. The van der Waals surface area contributed by atoms with Crippen molar-refractivity contribution in [1.29, 1.82) is 0 Å². The number of rotatable bonds is 3. The molecule has 3 fully saturated rings. The van der Waals surface area contributed by atoms with Gasteiger partial charge in [-0.3, -0.25) is 4.79 Å². The zero-order chi connectivity index (χ0) is 15.9. The van der Waals surface area contributed by atoms with E-state index < -0.39 is 0 Å². The van der Waals surface area contributed by atoms with E-state index in [1.165, 1.54) is 37.0 Å². The lowest BCUT2D eigenvalue weighted by Gasteiger charge is -2.52. The average molecular weight is 333 g/mol. The Morgan fingerprint density at radius 2 is 2.26 bits per heavy atom. The molecule has 1 N–H and O–H groups in total. The first-order valence-electron chi connectivity index (χ1n) is 9.27. The van der Waals surface area contributed by atoms with Crippen LogP contribution in [0.5, 0.6) is 0 Å².